The van der Waals surface area contributed by atoms with Crippen LogP contribution in [0.1, 0.15) is 30.0 Å². The molecule has 1 aromatic carbocycles. The van der Waals surface area contributed by atoms with Crippen LogP contribution < -0.4 is 4.72 Å². The second-order valence-electron chi connectivity index (χ2n) is 6.98. The molecule has 3 aromatic heterocycles. The lowest BCUT2D eigenvalue weighted by Crippen LogP contribution is -2.12. The van der Waals surface area contributed by atoms with Gasteiger partial charge in [0.2, 0.25) is 0 Å². The zero-order valence-electron chi connectivity index (χ0n) is 15.1. The highest BCUT2D eigenvalue weighted by atomic mass is 32.2. The number of aromatic nitrogens is 5. The predicted octanol–water partition coefficient (Wildman–Crippen LogP) is 3.13. The summed E-state index contributed by atoms with van der Waals surface area (Å²) in [4.78, 5) is 4.39. The number of hydrogen-bond acceptors (Lipinski definition) is 5. The first-order chi connectivity index (χ1) is 13.5. The molecule has 1 saturated carbocycles. The van der Waals surface area contributed by atoms with E-state index in [0.717, 1.165) is 16.6 Å². The number of hydrogen-bond donors (Lipinski definition) is 2. The summed E-state index contributed by atoms with van der Waals surface area (Å²) >= 11 is 0. The van der Waals surface area contributed by atoms with Gasteiger partial charge in [-0.1, -0.05) is 6.07 Å². The van der Waals surface area contributed by atoms with E-state index in [1.807, 2.05) is 25.1 Å². The van der Waals surface area contributed by atoms with Crippen LogP contribution in [0.5, 0.6) is 0 Å². The Labute approximate surface area is 161 Å². The molecule has 1 aliphatic rings. The minimum absolute atomic E-state index is 0.0734. The normalized spacial score (nSPS) is 14.5. The fourth-order valence-corrected chi connectivity index (χ4v) is 4.33. The zero-order valence-corrected chi connectivity index (χ0v) is 15.9. The Bertz CT molecular complexity index is 1290. The lowest BCUT2D eigenvalue weighted by atomic mass is 10.2. The third-order valence-electron chi connectivity index (χ3n) is 4.94. The van der Waals surface area contributed by atoms with Crippen molar-refractivity contribution in [2.45, 2.75) is 30.6 Å². The van der Waals surface area contributed by atoms with E-state index in [2.05, 4.69) is 25.0 Å². The third-order valence-corrected chi connectivity index (χ3v) is 6.26. The van der Waals surface area contributed by atoms with Crippen LogP contribution >= 0.6 is 0 Å². The summed E-state index contributed by atoms with van der Waals surface area (Å²) in [6.07, 6.45) is 6.91. The van der Waals surface area contributed by atoms with E-state index in [-0.39, 0.29) is 4.90 Å². The molecule has 2 N–H and O–H groups in total. The Balaban J connectivity index is 1.47. The largest absolute Gasteiger partial charge is 0.279 e. The van der Waals surface area contributed by atoms with E-state index in [0.29, 0.717) is 17.4 Å². The molecule has 3 heterocycles. The Kier molecular flexibility index (Phi) is 3.73. The van der Waals surface area contributed by atoms with Crippen LogP contribution in [0.2, 0.25) is 0 Å². The highest BCUT2D eigenvalue weighted by molar-refractivity contribution is 7.92. The number of pyridine rings is 1. The highest BCUT2D eigenvalue weighted by Gasteiger charge is 2.24. The van der Waals surface area contributed by atoms with Crippen molar-refractivity contribution < 1.29 is 8.42 Å². The Morgan fingerprint density at radius 3 is 2.93 bits per heavy atom. The maximum absolute atomic E-state index is 12.9. The summed E-state index contributed by atoms with van der Waals surface area (Å²) in [6.45, 7) is 1.83. The van der Waals surface area contributed by atoms with E-state index in [1.165, 1.54) is 35.5 Å². The summed E-state index contributed by atoms with van der Waals surface area (Å²) < 4.78 is 29.9. The molecule has 5 rings (SSSR count). The number of aryl methyl sites for hydroxylation is 1. The fraction of sp³-hybridized carbons (Fsp3) is 0.211. The molecular weight excluding hydrogens is 376 g/mol. The van der Waals surface area contributed by atoms with Crippen LogP contribution in [0.15, 0.2) is 53.8 Å². The van der Waals surface area contributed by atoms with Gasteiger partial charge >= 0.3 is 0 Å². The highest BCUT2D eigenvalue weighted by Crippen LogP contribution is 2.40. The van der Waals surface area contributed by atoms with Gasteiger partial charge in [-0.05, 0) is 55.5 Å². The molecule has 9 heteroatoms. The van der Waals surface area contributed by atoms with Gasteiger partial charge < -0.3 is 0 Å². The van der Waals surface area contributed by atoms with Gasteiger partial charge in [-0.25, -0.2) is 18.1 Å². The van der Waals surface area contributed by atoms with Gasteiger partial charge in [-0.2, -0.15) is 10.2 Å². The number of nitrogens with zero attached hydrogens (tertiary/aromatic N) is 4. The summed E-state index contributed by atoms with van der Waals surface area (Å²) in [5, 5.41) is 12.0. The summed E-state index contributed by atoms with van der Waals surface area (Å²) in [6, 6.07) is 9.30. The number of fused-ring (bicyclic) bond motifs is 1. The van der Waals surface area contributed by atoms with Crippen molar-refractivity contribution >= 4 is 26.6 Å². The van der Waals surface area contributed by atoms with Crippen molar-refractivity contribution in [1.82, 2.24) is 25.0 Å². The summed E-state index contributed by atoms with van der Waals surface area (Å²) in [5.41, 5.74) is 3.19. The second-order valence-corrected chi connectivity index (χ2v) is 8.67. The van der Waals surface area contributed by atoms with Gasteiger partial charge in [-0.3, -0.25) is 9.82 Å². The minimum atomic E-state index is -3.80. The average Bonchev–Trinajstić information content (AvgIpc) is 3.28. The van der Waals surface area contributed by atoms with Crippen molar-refractivity contribution in [3.8, 4) is 5.82 Å². The first-order valence-corrected chi connectivity index (χ1v) is 10.5. The van der Waals surface area contributed by atoms with E-state index in [9.17, 15) is 8.42 Å². The molecule has 1 aliphatic carbocycles. The molecule has 0 saturated heterocycles. The quantitative estimate of drug-likeness (QED) is 0.541. The van der Waals surface area contributed by atoms with Crippen LogP contribution in [0, 0.1) is 6.92 Å². The van der Waals surface area contributed by atoms with Crippen molar-refractivity contribution in [2.24, 2.45) is 0 Å². The molecule has 8 nitrogen and oxygen atoms in total. The molecule has 1 fully saturated rings. The van der Waals surface area contributed by atoms with E-state index in [1.54, 1.807) is 18.3 Å². The standard InChI is InChI=1S/C19H18N6O2S/c1-12-19-16(23-22-12)3-2-4-17(19)24-28(26,27)15-10-21-25(11-15)18-9-14(7-8-20-18)13-5-6-13/h2-4,7-11,13,24H,5-6H2,1H3,(H,22,23). The third kappa shape index (κ3) is 2.93. The average molecular weight is 394 g/mol. The van der Waals surface area contributed by atoms with Crippen LogP contribution in [0.4, 0.5) is 5.69 Å². The molecular formula is C19H18N6O2S. The van der Waals surface area contributed by atoms with Crippen LogP contribution in [0.3, 0.4) is 0 Å². The van der Waals surface area contributed by atoms with Crippen LogP contribution in [-0.4, -0.2) is 33.4 Å². The van der Waals surface area contributed by atoms with Crippen molar-refractivity contribution in [3.05, 3.63) is 60.2 Å². The maximum Gasteiger partial charge on any atom is 0.265 e. The van der Waals surface area contributed by atoms with Crippen LogP contribution in [0.25, 0.3) is 16.7 Å². The molecule has 0 atom stereocenters. The van der Waals surface area contributed by atoms with Crippen LogP contribution in [-0.2, 0) is 10.0 Å². The fourth-order valence-electron chi connectivity index (χ4n) is 3.32. The second kappa shape index (κ2) is 6.16. The number of sulfonamides is 1. The molecule has 0 bridgehead atoms. The lowest BCUT2D eigenvalue weighted by molar-refractivity contribution is 0.601. The number of H-pyrrole nitrogens is 1. The molecule has 0 spiro atoms. The zero-order chi connectivity index (χ0) is 19.3. The molecule has 0 aliphatic heterocycles. The molecule has 0 radical (unpaired) electrons. The van der Waals surface area contributed by atoms with Crippen molar-refractivity contribution in [1.29, 1.82) is 0 Å². The number of anilines is 1. The summed E-state index contributed by atoms with van der Waals surface area (Å²) in [7, 11) is -3.80. The van der Waals surface area contributed by atoms with E-state index in [4.69, 9.17) is 0 Å². The number of aromatic amines is 1. The van der Waals surface area contributed by atoms with Gasteiger partial charge in [-0.15, -0.1) is 0 Å². The van der Waals surface area contributed by atoms with E-state index >= 15 is 0 Å². The molecule has 0 unspecified atom stereocenters. The number of nitrogens with one attached hydrogen (secondary N) is 2. The lowest BCUT2D eigenvalue weighted by Gasteiger charge is -2.08. The minimum Gasteiger partial charge on any atom is -0.279 e. The number of rotatable bonds is 5. The monoisotopic (exact) mass is 394 g/mol. The van der Waals surface area contributed by atoms with Gasteiger partial charge in [0.15, 0.2) is 5.82 Å². The van der Waals surface area contributed by atoms with Gasteiger partial charge in [0.05, 0.1) is 29.3 Å². The van der Waals surface area contributed by atoms with Crippen molar-refractivity contribution in [3.63, 3.8) is 0 Å². The molecule has 0 amide bonds. The summed E-state index contributed by atoms with van der Waals surface area (Å²) in [5.74, 6) is 1.19. The molecule has 28 heavy (non-hydrogen) atoms. The topological polar surface area (TPSA) is 106 Å². The SMILES string of the molecule is Cc1n[nH]c2cccc(NS(=O)(=O)c3cnn(-c4cc(C5CC5)ccn4)c3)c12. The Hall–Kier alpha value is -3.20. The van der Waals surface area contributed by atoms with Gasteiger partial charge in [0, 0.05) is 11.6 Å². The Morgan fingerprint density at radius 1 is 1.25 bits per heavy atom. The first-order valence-electron chi connectivity index (χ1n) is 8.99. The first kappa shape index (κ1) is 16.9. The number of benzene rings is 1. The van der Waals surface area contributed by atoms with Crippen molar-refractivity contribution in [2.75, 3.05) is 4.72 Å². The smallest absolute Gasteiger partial charge is 0.265 e. The van der Waals surface area contributed by atoms with Gasteiger partial charge in [0.25, 0.3) is 10.0 Å². The van der Waals surface area contributed by atoms with E-state index < -0.39 is 10.0 Å². The molecule has 4 aromatic rings. The molecule has 142 valence electrons. The Morgan fingerprint density at radius 2 is 2.11 bits per heavy atom. The predicted molar refractivity (Wildman–Crippen MR) is 105 cm³/mol. The van der Waals surface area contributed by atoms with Gasteiger partial charge in [0.1, 0.15) is 4.90 Å². The maximum atomic E-state index is 12.9.